The first-order chi connectivity index (χ1) is 14.9. The Balaban J connectivity index is 1.69. The predicted molar refractivity (Wildman–Crippen MR) is 111 cm³/mol. The Kier molecular flexibility index (Phi) is 4.54. The number of benzene rings is 2. The van der Waals surface area contributed by atoms with Gasteiger partial charge in [0.05, 0.1) is 17.2 Å². The van der Waals surface area contributed by atoms with Crippen molar-refractivity contribution in [3.63, 3.8) is 0 Å². The van der Waals surface area contributed by atoms with E-state index in [4.69, 9.17) is 0 Å². The normalized spacial score (nSPS) is 16.4. The number of H-pyrrole nitrogens is 1. The van der Waals surface area contributed by atoms with Crippen LogP contribution in [0.4, 0.5) is 13.2 Å². The quantitative estimate of drug-likeness (QED) is 0.473. The maximum Gasteiger partial charge on any atom is 0.416 e. The fraction of sp³-hybridized carbons (Fsp3) is 0.167. The first-order valence-corrected chi connectivity index (χ1v) is 9.91. The Morgan fingerprint density at radius 2 is 1.90 bits per heavy atom. The molecule has 3 heterocycles. The number of hydrogen-bond donors (Lipinski definition) is 1. The molecule has 0 spiro atoms. The zero-order chi connectivity index (χ0) is 21.6. The first-order valence-electron chi connectivity index (χ1n) is 9.91. The van der Waals surface area contributed by atoms with E-state index in [9.17, 15) is 18.0 Å². The average molecular weight is 421 g/mol. The number of carbonyl (C=O) groups is 1. The Labute approximate surface area is 176 Å². The van der Waals surface area contributed by atoms with Gasteiger partial charge in [0.1, 0.15) is 0 Å². The van der Waals surface area contributed by atoms with Gasteiger partial charge in [-0.05, 0) is 47.9 Å². The summed E-state index contributed by atoms with van der Waals surface area (Å²) in [5.41, 5.74) is 2.78. The van der Waals surface area contributed by atoms with E-state index in [0.717, 1.165) is 34.3 Å². The predicted octanol–water partition coefficient (Wildman–Crippen LogP) is 5.37. The number of pyridine rings is 1. The molecule has 4 aromatic rings. The second-order valence-corrected chi connectivity index (χ2v) is 7.58. The lowest BCUT2D eigenvalue weighted by molar-refractivity contribution is -0.137. The zero-order valence-electron chi connectivity index (χ0n) is 16.4. The molecule has 0 saturated heterocycles. The molecule has 7 heteroatoms. The van der Waals surface area contributed by atoms with Crippen LogP contribution in [0.15, 0.2) is 73.1 Å². The molecular weight excluding hydrogens is 403 g/mol. The van der Waals surface area contributed by atoms with E-state index in [1.54, 1.807) is 29.3 Å². The highest BCUT2D eigenvalue weighted by Crippen LogP contribution is 2.40. The molecule has 2 aromatic heterocycles. The van der Waals surface area contributed by atoms with Gasteiger partial charge in [0.25, 0.3) is 5.91 Å². The second-order valence-electron chi connectivity index (χ2n) is 7.58. The molecular formula is C24H18F3N3O. The van der Waals surface area contributed by atoms with E-state index < -0.39 is 17.8 Å². The van der Waals surface area contributed by atoms with Crippen molar-refractivity contribution in [2.24, 2.45) is 0 Å². The van der Waals surface area contributed by atoms with Gasteiger partial charge in [-0.25, -0.2) is 0 Å². The molecule has 1 atom stereocenters. The molecule has 0 radical (unpaired) electrons. The summed E-state index contributed by atoms with van der Waals surface area (Å²) in [6, 6.07) is 15.7. The number of nitrogens with zero attached hydrogens (tertiary/aromatic N) is 2. The van der Waals surface area contributed by atoms with Crippen molar-refractivity contribution >= 4 is 16.8 Å². The summed E-state index contributed by atoms with van der Waals surface area (Å²) in [6.45, 7) is 0.392. The van der Waals surface area contributed by atoms with Crippen LogP contribution in [0.1, 0.15) is 38.8 Å². The van der Waals surface area contributed by atoms with Crippen LogP contribution >= 0.6 is 0 Å². The van der Waals surface area contributed by atoms with Crippen LogP contribution in [0.5, 0.6) is 0 Å². The molecule has 0 saturated carbocycles. The number of aromatic nitrogens is 2. The minimum absolute atomic E-state index is 0.264. The van der Waals surface area contributed by atoms with Gasteiger partial charge in [0, 0.05) is 35.5 Å². The van der Waals surface area contributed by atoms with E-state index in [2.05, 4.69) is 9.97 Å². The number of nitrogens with one attached hydrogen (secondary N) is 1. The van der Waals surface area contributed by atoms with Crippen molar-refractivity contribution in [3.8, 4) is 0 Å². The summed E-state index contributed by atoms with van der Waals surface area (Å²) in [4.78, 5) is 22.4. The molecule has 1 N–H and O–H groups in total. The maximum atomic E-state index is 13.4. The number of rotatable bonds is 2. The number of aromatic amines is 1. The number of fused-ring (bicyclic) bond motifs is 3. The third-order valence-electron chi connectivity index (χ3n) is 5.73. The first kappa shape index (κ1) is 19.4. The highest BCUT2D eigenvalue weighted by atomic mass is 19.4. The average Bonchev–Trinajstić information content (AvgIpc) is 3.17. The van der Waals surface area contributed by atoms with Gasteiger partial charge in [-0.1, -0.05) is 30.3 Å². The topological polar surface area (TPSA) is 49.0 Å². The van der Waals surface area contributed by atoms with Crippen molar-refractivity contribution in [3.05, 3.63) is 101 Å². The Hall–Kier alpha value is -3.61. The lowest BCUT2D eigenvalue weighted by atomic mass is 9.91. The fourth-order valence-electron chi connectivity index (χ4n) is 4.35. The van der Waals surface area contributed by atoms with Gasteiger partial charge in [-0.15, -0.1) is 0 Å². The van der Waals surface area contributed by atoms with Crippen LogP contribution in [0.3, 0.4) is 0 Å². The van der Waals surface area contributed by atoms with E-state index >= 15 is 0 Å². The maximum absolute atomic E-state index is 13.4. The van der Waals surface area contributed by atoms with E-state index in [1.165, 1.54) is 12.3 Å². The third-order valence-corrected chi connectivity index (χ3v) is 5.73. The lowest BCUT2D eigenvalue weighted by Gasteiger charge is -2.36. The van der Waals surface area contributed by atoms with Crippen LogP contribution in [0, 0.1) is 0 Å². The monoisotopic (exact) mass is 421 g/mol. The van der Waals surface area contributed by atoms with Gasteiger partial charge in [-0.2, -0.15) is 13.2 Å². The van der Waals surface area contributed by atoms with Crippen molar-refractivity contribution in [2.75, 3.05) is 6.54 Å². The van der Waals surface area contributed by atoms with Gasteiger partial charge in [-0.3, -0.25) is 9.78 Å². The zero-order valence-corrected chi connectivity index (χ0v) is 16.4. The molecule has 0 aliphatic carbocycles. The largest absolute Gasteiger partial charge is 0.416 e. The van der Waals surface area contributed by atoms with Gasteiger partial charge < -0.3 is 9.88 Å². The molecule has 31 heavy (non-hydrogen) atoms. The Morgan fingerprint density at radius 3 is 2.68 bits per heavy atom. The smallest absolute Gasteiger partial charge is 0.356 e. The van der Waals surface area contributed by atoms with Crippen LogP contribution in [0.2, 0.25) is 0 Å². The van der Waals surface area contributed by atoms with E-state index in [0.29, 0.717) is 24.1 Å². The molecule has 0 fully saturated rings. The Morgan fingerprint density at radius 1 is 1.06 bits per heavy atom. The van der Waals surface area contributed by atoms with Crippen LogP contribution in [0.25, 0.3) is 10.9 Å². The number of amides is 1. The van der Waals surface area contributed by atoms with Crippen molar-refractivity contribution in [2.45, 2.75) is 18.6 Å². The molecule has 5 rings (SSSR count). The fourth-order valence-corrected chi connectivity index (χ4v) is 4.35. The minimum atomic E-state index is -4.47. The molecule has 4 nitrogen and oxygen atoms in total. The molecule has 156 valence electrons. The van der Waals surface area contributed by atoms with Crippen molar-refractivity contribution in [1.29, 1.82) is 0 Å². The second kappa shape index (κ2) is 7.27. The number of carbonyl (C=O) groups excluding carboxylic acids is 1. The summed E-state index contributed by atoms with van der Waals surface area (Å²) in [5, 5.41) is 1.03. The molecule has 1 aliphatic heterocycles. The standard InChI is InChI=1S/C24H18F3N3O/c25-24(26,27)17-7-3-5-15(13-17)22-21-19(18-8-1-2-9-20(18)29-21)10-12-30(22)23(31)16-6-4-11-28-14-16/h1-9,11,13-14,22,29H,10,12H2/t22-/m0/s1. The molecule has 1 aliphatic rings. The summed E-state index contributed by atoms with van der Waals surface area (Å²) in [5.74, 6) is -0.264. The van der Waals surface area contributed by atoms with E-state index in [1.807, 2.05) is 24.3 Å². The number of halogens is 3. The third kappa shape index (κ3) is 3.36. The van der Waals surface area contributed by atoms with Crippen LogP contribution in [-0.4, -0.2) is 27.3 Å². The molecule has 2 aromatic carbocycles. The lowest BCUT2D eigenvalue weighted by Crippen LogP contribution is -2.40. The summed E-state index contributed by atoms with van der Waals surface area (Å²) in [6.07, 6.45) is -0.799. The Bertz CT molecular complexity index is 1260. The van der Waals surface area contributed by atoms with Crippen molar-refractivity contribution in [1.82, 2.24) is 14.9 Å². The molecule has 1 amide bonds. The van der Waals surface area contributed by atoms with Gasteiger partial charge >= 0.3 is 6.18 Å². The van der Waals surface area contributed by atoms with E-state index in [-0.39, 0.29) is 5.91 Å². The highest BCUT2D eigenvalue weighted by molar-refractivity contribution is 5.95. The number of hydrogen-bond acceptors (Lipinski definition) is 2. The van der Waals surface area contributed by atoms with Crippen LogP contribution < -0.4 is 0 Å². The minimum Gasteiger partial charge on any atom is -0.356 e. The molecule has 0 unspecified atom stereocenters. The number of para-hydroxylation sites is 1. The SMILES string of the molecule is O=C(c1cccnc1)N1CCc2c([nH]c3ccccc23)[C@@H]1c1cccc(C(F)(F)F)c1. The summed E-state index contributed by atoms with van der Waals surface area (Å²) in [7, 11) is 0. The summed E-state index contributed by atoms with van der Waals surface area (Å²) >= 11 is 0. The van der Waals surface area contributed by atoms with Gasteiger partial charge in [0.15, 0.2) is 0 Å². The number of alkyl halides is 3. The van der Waals surface area contributed by atoms with Crippen molar-refractivity contribution < 1.29 is 18.0 Å². The highest BCUT2D eigenvalue weighted by Gasteiger charge is 2.37. The van der Waals surface area contributed by atoms with Gasteiger partial charge in [0.2, 0.25) is 0 Å². The molecule has 0 bridgehead atoms. The summed E-state index contributed by atoms with van der Waals surface area (Å²) < 4.78 is 40.3. The van der Waals surface area contributed by atoms with Crippen LogP contribution in [-0.2, 0) is 12.6 Å².